The summed E-state index contributed by atoms with van der Waals surface area (Å²) in [5, 5.41) is 12.9. The van der Waals surface area contributed by atoms with Gasteiger partial charge in [0.25, 0.3) is 0 Å². The topological polar surface area (TPSA) is 119 Å². The molecule has 0 fully saturated rings. The molecule has 2 aliphatic rings. The van der Waals surface area contributed by atoms with Crippen LogP contribution in [0.25, 0.3) is 0 Å². The van der Waals surface area contributed by atoms with Crippen molar-refractivity contribution < 1.29 is 28.5 Å². The van der Waals surface area contributed by atoms with Gasteiger partial charge in [0.1, 0.15) is 11.5 Å². The monoisotopic (exact) mass is 568 g/mol. The van der Waals surface area contributed by atoms with Crippen LogP contribution in [0.4, 0.5) is 0 Å². The summed E-state index contributed by atoms with van der Waals surface area (Å²) < 4.78 is 22.1. The average Bonchev–Trinajstić information content (AvgIpc) is 2.92. The molecule has 0 spiro atoms. The molecular weight excluding hydrogens is 540 g/mol. The van der Waals surface area contributed by atoms with Gasteiger partial charge in [-0.2, -0.15) is 0 Å². The van der Waals surface area contributed by atoms with Gasteiger partial charge in [0.05, 0.1) is 37.4 Å². The van der Waals surface area contributed by atoms with E-state index in [2.05, 4.69) is 21.3 Å². The zero-order chi connectivity index (χ0) is 28.1. The average molecular weight is 569 g/mol. The van der Waals surface area contributed by atoms with E-state index in [9.17, 15) is 9.59 Å². The van der Waals surface area contributed by atoms with Crippen molar-refractivity contribution in [3.05, 3.63) is 82.2 Å². The second-order valence-electron chi connectivity index (χ2n) is 8.61. The molecule has 0 unspecified atom stereocenters. The summed E-state index contributed by atoms with van der Waals surface area (Å²) in [5.41, 5.74) is 3.31. The van der Waals surface area contributed by atoms with Gasteiger partial charge in [0, 0.05) is 22.5 Å². The molecule has 0 amide bonds. The van der Waals surface area contributed by atoms with E-state index in [1.165, 1.54) is 14.2 Å². The van der Waals surface area contributed by atoms with E-state index in [1.807, 2.05) is 36.4 Å². The fraction of sp³-hybridized carbons (Fsp3) is 0.259. The van der Waals surface area contributed by atoms with Crippen molar-refractivity contribution in [3.63, 3.8) is 0 Å². The Hall–Kier alpha value is -4.16. The summed E-state index contributed by atoms with van der Waals surface area (Å²) in [4.78, 5) is 25.2. The van der Waals surface area contributed by atoms with Crippen molar-refractivity contribution in [2.24, 2.45) is 0 Å². The fourth-order valence-electron chi connectivity index (χ4n) is 4.47. The molecule has 4 rings (SSSR count). The molecule has 0 saturated heterocycles. The van der Waals surface area contributed by atoms with E-state index in [-0.39, 0.29) is 6.79 Å². The van der Waals surface area contributed by atoms with Gasteiger partial charge in [0.2, 0.25) is 6.79 Å². The van der Waals surface area contributed by atoms with Crippen LogP contribution in [0, 0.1) is 0 Å². The van der Waals surface area contributed by atoms with Crippen LogP contribution in [0.15, 0.2) is 71.1 Å². The highest BCUT2D eigenvalue weighted by Crippen LogP contribution is 2.35. The third kappa shape index (κ3) is 5.96. The molecule has 0 bridgehead atoms. The molecule has 4 N–H and O–H groups in total. The summed E-state index contributed by atoms with van der Waals surface area (Å²) in [6, 6.07) is 13.3. The number of carbonyl (C=O) groups excluding carboxylic acids is 2. The van der Waals surface area contributed by atoms with E-state index < -0.39 is 24.0 Å². The largest absolute Gasteiger partial charge is 0.466 e. The van der Waals surface area contributed by atoms with E-state index in [4.69, 9.17) is 43.4 Å². The molecule has 2 atom stereocenters. The van der Waals surface area contributed by atoms with Crippen LogP contribution in [0.2, 0.25) is 0 Å². The molecule has 10 nitrogen and oxygen atoms in total. The first-order valence-electron chi connectivity index (χ1n) is 11.9. The lowest BCUT2D eigenvalue weighted by molar-refractivity contribution is -0.137. The minimum absolute atomic E-state index is 0.161. The number of esters is 2. The quantitative estimate of drug-likeness (QED) is 0.213. The molecular formula is C27H28N4O6S2. The predicted octanol–water partition coefficient (Wildman–Crippen LogP) is 3.03. The molecule has 0 aliphatic carbocycles. The van der Waals surface area contributed by atoms with Crippen LogP contribution in [0.1, 0.15) is 37.1 Å². The van der Waals surface area contributed by atoms with Crippen molar-refractivity contribution in [2.45, 2.75) is 25.9 Å². The molecule has 39 heavy (non-hydrogen) atoms. The van der Waals surface area contributed by atoms with E-state index >= 15 is 0 Å². The number of carbonyl (C=O) groups is 2. The molecule has 0 aromatic heterocycles. The molecule has 12 heteroatoms. The number of hydrogen-bond acceptors (Lipinski definition) is 8. The standard InChI is InChI=1S/C27H28N4O6S2/c1-14-20(24(32)34-3)22(30-26(38)28-14)16-9-5-7-11-18(16)36-13-37-19-12-8-6-10-17(19)23-21(25(33)35-4)15(2)29-27(39)31-23/h5-12,22-23H,13H2,1-4H3,(H2,28,30,38)(H2,29,31,39)/t22-,23-/m1/s1. The fourth-order valence-corrected chi connectivity index (χ4v) is 5.01. The van der Waals surface area contributed by atoms with Crippen molar-refractivity contribution in [1.82, 2.24) is 21.3 Å². The first kappa shape index (κ1) is 27.9. The lowest BCUT2D eigenvalue weighted by atomic mass is 9.95. The summed E-state index contributed by atoms with van der Waals surface area (Å²) >= 11 is 10.7. The van der Waals surface area contributed by atoms with E-state index in [0.717, 1.165) is 0 Å². The summed E-state index contributed by atoms with van der Waals surface area (Å²) in [6.45, 7) is 3.36. The Labute approximate surface area is 236 Å². The molecule has 2 aliphatic heterocycles. The first-order valence-corrected chi connectivity index (χ1v) is 12.7. The number of ether oxygens (including phenoxy) is 4. The number of para-hydroxylation sites is 2. The number of hydrogen-bond donors (Lipinski definition) is 4. The highest BCUT2D eigenvalue weighted by atomic mass is 32.1. The molecule has 0 saturated carbocycles. The van der Waals surface area contributed by atoms with Crippen LogP contribution in [0.5, 0.6) is 11.5 Å². The second kappa shape index (κ2) is 12.1. The Kier molecular flexibility index (Phi) is 8.67. The molecule has 2 aromatic carbocycles. The molecule has 2 aromatic rings. The molecule has 2 heterocycles. The van der Waals surface area contributed by atoms with Gasteiger partial charge in [-0.1, -0.05) is 36.4 Å². The van der Waals surface area contributed by atoms with Crippen molar-refractivity contribution in [2.75, 3.05) is 21.0 Å². The third-order valence-electron chi connectivity index (χ3n) is 6.24. The molecule has 204 valence electrons. The van der Waals surface area contributed by atoms with Gasteiger partial charge in [-0.15, -0.1) is 0 Å². The number of nitrogens with one attached hydrogen (secondary N) is 4. The van der Waals surface area contributed by atoms with Crippen molar-refractivity contribution in [3.8, 4) is 11.5 Å². The van der Waals surface area contributed by atoms with Gasteiger partial charge < -0.3 is 40.2 Å². The van der Waals surface area contributed by atoms with Gasteiger partial charge >= 0.3 is 11.9 Å². The number of benzene rings is 2. The Morgan fingerprint density at radius 3 is 1.49 bits per heavy atom. The predicted molar refractivity (Wildman–Crippen MR) is 152 cm³/mol. The maximum Gasteiger partial charge on any atom is 0.337 e. The molecule has 0 radical (unpaired) electrons. The van der Waals surface area contributed by atoms with Crippen LogP contribution < -0.4 is 30.7 Å². The minimum Gasteiger partial charge on any atom is -0.466 e. The summed E-state index contributed by atoms with van der Waals surface area (Å²) in [5.74, 6) is -0.00802. The van der Waals surface area contributed by atoms with E-state index in [1.54, 1.807) is 26.0 Å². The zero-order valence-corrected chi connectivity index (χ0v) is 23.4. The lowest BCUT2D eigenvalue weighted by Gasteiger charge is -2.31. The minimum atomic E-state index is -0.592. The second-order valence-corrected chi connectivity index (χ2v) is 9.42. The Morgan fingerprint density at radius 1 is 0.718 bits per heavy atom. The Bertz CT molecular complexity index is 1290. The Balaban J connectivity index is 1.59. The number of allylic oxidation sites excluding steroid dienone is 2. The highest BCUT2D eigenvalue weighted by molar-refractivity contribution is 7.80. The zero-order valence-electron chi connectivity index (χ0n) is 21.7. The third-order valence-corrected chi connectivity index (χ3v) is 6.68. The highest BCUT2D eigenvalue weighted by Gasteiger charge is 2.34. The summed E-state index contributed by atoms with van der Waals surface area (Å²) in [7, 11) is 2.65. The van der Waals surface area contributed by atoms with Gasteiger partial charge in [-0.05, 0) is 50.4 Å². The SMILES string of the molecule is COC(=O)C1=C(C)NC(=S)N[C@@H]1c1ccccc1OCOc1ccccc1[C@H]1NC(=S)NC(C)=C1C(=O)OC. The number of thiocarbonyl (C=S) groups is 2. The maximum atomic E-state index is 12.6. The number of rotatable bonds is 8. The maximum absolute atomic E-state index is 12.6. The summed E-state index contributed by atoms with van der Waals surface area (Å²) in [6.07, 6.45) is 0. The van der Waals surface area contributed by atoms with Gasteiger partial charge in [-0.3, -0.25) is 0 Å². The van der Waals surface area contributed by atoms with E-state index in [0.29, 0.717) is 55.4 Å². The lowest BCUT2D eigenvalue weighted by Crippen LogP contribution is -2.45. The van der Waals surface area contributed by atoms with Gasteiger partial charge in [-0.25, -0.2) is 9.59 Å². The normalized spacial score (nSPS) is 18.8. The Morgan fingerprint density at radius 2 is 1.10 bits per heavy atom. The van der Waals surface area contributed by atoms with Gasteiger partial charge in [0.15, 0.2) is 10.2 Å². The number of methoxy groups -OCH3 is 2. The van der Waals surface area contributed by atoms with Crippen LogP contribution in [0.3, 0.4) is 0 Å². The van der Waals surface area contributed by atoms with Crippen LogP contribution in [-0.4, -0.2) is 43.2 Å². The van der Waals surface area contributed by atoms with Crippen molar-refractivity contribution in [1.29, 1.82) is 0 Å². The van der Waals surface area contributed by atoms with Crippen molar-refractivity contribution >= 4 is 46.6 Å². The van der Waals surface area contributed by atoms with Crippen LogP contribution in [-0.2, 0) is 19.1 Å². The first-order chi connectivity index (χ1) is 18.7. The smallest absolute Gasteiger partial charge is 0.337 e. The van der Waals surface area contributed by atoms with Crippen LogP contribution >= 0.6 is 24.4 Å².